The molecule has 0 bridgehead atoms. The maximum Gasteiger partial charge on any atom is 0.217 e. The smallest absolute Gasteiger partial charge is 0.217 e. The van der Waals surface area contributed by atoms with E-state index in [4.69, 9.17) is 28.4 Å². The van der Waals surface area contributed by atoms with Gasteiger partial charge in [0, 0.05) is 13.5 Å². The molecule has 0 unspecified atom stereocenters. The van der Waals surface area contributed by atoms with Gasteiger partial charge in [-0.15, -0.1) is 0 Å². The summed E-state index contributed by atoms with van der Waals surface area (Å²) >= 11 is 0. The lowest BCUT2D eigenvalue weighted by molar-refractivity contribution is -0.363. The lowest BCUT2D eigenvalue weighted by atomic mass is 9.95. The summed E-state index contributed by atoms with van der Waals surface area (Å²) in [5.74, 6) is -0.628. The Kier molecular flexibility index (Phi) is 15.7. The van der Waals surface area contributed by atoms with Crippen molar-refractivity contribution >= 4 is 5.91 Å². The molecule has 0 spiro atoms. The van der Waals surface area contributed by atoms with Gasteiger partial charge in [0.1, 0.15) is 73.2 Å². The Hall–Kier alpha value is -1.13. The summed E-state index contributed by atoms with van der Waals surface area (Å²) in [6, 6.07) is -1.40. The van der Waals surface area contributed by atoms with Gasteiger partial charge in [0.05, 0.1) is 19.8 Å². The van der Waals surface area contributed by atoms with Crippen LogP contribution in [0.3, 0.4) is 0 Å². The quantitative estimate of drug-likeness (QED) is 0.0708. The fraction of sp³-hybridized carbons (Fsp3) is 0.964. The molecule has 0 aromatic rings. The van der Waals surface area contributed by atoms with Crippen LogP contribution in [0.2, 0.25) is 0 Å². The zero-order valence-electron chi connectivity index (χ0n) is 25.6. The van der Waals surface area contributed by atoms with Gasteiger partial charge in [0.15, 0.2) is 18.9 Å². The molecule has 10 N–H and O–H groups in total. The molecule has 0 saturated carbocycles. The lowest BCUT2D eigenvalue weighted by Gasteiger charge is -2.47. The Labute approximate surface area is 261 Å². The van der Waals surface area contributed by atoms with E-state index in [9.17, 15) is 50.8 Å². The molecule has 17 nitrogen and oxygen atoms in total. The Morgan fingerprint density at radius 3 is 1.82 bits per heavy atom. The van der Waals surface area contributed by atoms with Crippen molar-refractivity contribution < 1.29 is 79.2 Å². The molecule has 1 amide bonds. The van der Waals surface area contributed by atoms with E-state index in [0.717, 1.165) is 39.0 Å². The third-order valence-electron chi connectivity index (χ3n) is 8.24. The topological polar surface area (TPSA) is 267 Å². The molecule has 0 aliphatic carbocycles. The molecule has 0 aromatic carbocycles. The molecule has 0 aromatic heterocycles. The third-order valence-corrected chi connectivity index (χ3v) is 8.24. The summed E-state index contributed by atoms with van der Waals surface area (Å²) in [5.41, 5.74) is 0. The standard InChI is InChI=1S/C28H51NO16/c1-3-4-5-6-7-8-9-40-27-24(39)22(37)20(35)16(44-27)12-41-28-25(23(38)19(34)15(11-31)43-28)45-26-17(29-13(2)32)21(36)18(33)14(10-30)42-26/h14-28,30-31,33-39H,3-12H2,1-2H3,(H,29,32)/t14-,15-,16-,17-,18+,19-,20-,21-,22+,23+,24-,25+,26+,27-,28+/m1/s1. The molecule has 15 atom stereocenters. The van der Waals surface area contributed by atoms with Crippen molar-refractivity contribution in [2.24, 2.45) is 0 Å². The molecule has 3 heterocycles. The number of aliphatic hydroxyl groups excluding tert-OH is 9. The van der Waals surface area contributed by atoms with Crippen molar-refractivity contribution in [1.82, 2.24) is 5.32 Å². The summed E-state index contributed by atoms with van der Waals surface area (Å²) in [6.45, 7) is 1.50. The number of nitrogens with one attached hydrogen (secondary N) is 1. The number of hydrogen-bond donors (Lipinski definition) is 10. The summed E-state index contributed by atoms with van der Waals surface area (Å²) in [7, 11) is 0. The minimum atomic E-state index is -1.79. The number of ether oxygens (including phenoxy) is 6. The van der Waals surface area contributed by atoms with E-state index in [0.29, 0.717) is 6.42 Å². The van der Waals surface area contributed by atoms with Crippen molar-refractivity contribution in [3.63, 3.8) is 0 Å². The Bertz CT molecular complexity index is 872. The predicted octanol–water partition coefficient (Wildman–Crippen LogP) is -4.04. The summed E-state index contributed by atoms with van der Waals surface area (Å²) in [4.78, 5) is 11.8. The van der Waals surface area contributed by atoms with Gasteiger partial charge in [-0.05, 0) is 6.42 Å². The average Bonchev–Trinajstić information content (AvgIpc) is 3.02. The highest BCUT2D eigenvalue weighted by molar-refractivity contribution is 5.73. The first-order valence-electron chi connectivity index (χ1n) is 15.5. The Morgan fingerprint density at radius 1 is 0.644 bits per heavy atom. The predicted molar refractivity (Wildman–Crippen MR) is 150 cm³/mol. The van der Waals surface area contributed by atoms with E-state index in [1.165, 1.54) is 0 Å². The van der Waals surface area contributed by atoms with Gasteiger partial charge in [-0.2, -0.15) is 0 Å². The fourth-order valence-electron chi connectivity index (χ4n) is 5.54. The first-order chi connectivity index (χ1) is 21.4. The number of unbranched alkanes of at least 4 members (excludes halogenated alkanes) is 5. The molecule has 45 heavy (non-hydrogen) atoms. The number of amides is 1. The summed E-state index contributed by atoms with van der Waals surface area (Å²) in [5, 5.41) is 95.5. The van der Waals surface area contributed by atoms with Crippen LogP contribution in [0.5, 0.6) is 0 Å². The first-order valence-corrected chi connectivity index (χ1v) is 15.5. The molecule has 3 fully saturated rings. The average molecular weight is 658 g/mol. The largest absolute Gasteiger partial charge is 0.394 e. The molecular formula is C28H51NO16. The highest BCUT2D eigenvalue weighted by Gasteiger charge is 2.52. The van der Waals surface area contributed by atoms with E-state index < -0.39 is 118 Å². The van der Waals surface area contributed by atoms with E-state index in [1.807, 2.05) is 0 Å². The van der Waals surface area contributed by atoms with Crippen LogP contribution in [-0.4, -0.2) is 170 Å². The zero-order valence-corrected chi connectivity index (χ0v) is 25.6. The number of carbonyl (C=O) groups is 1. The van der Waals surface area contributed by atoms with E-state index in [1.54, 1.807) is 0 Å². The maximum atomic E-state index is 11.8. The van der Waals surface area contributed by atoms with Gasteiger partial charge < -0.3 is 79.7 Å². The lowest BCUT2D eigenvalue weighted by Crippen LogP contribution is -2.67. The second kappa shape index (κ2) is 18.4. The monoisotopic (exact) mass is 657 g/mol. The molecule has 3 aliphatic heterocycles. The number of hydrogen-bond acceptors (Lipinski definition) is 16. The molecule has 3 aliphatic rings. The van der Waals surface area contributed by atoms with Crippen LogP contribution >= 0.6 is 0 Å². The highest BCUT2D eigenvalue weighted by Crippen LogP contribution is 2.31. The number of aliphatic hydroxyl groups is 9. The molecule has 264 valence electrons. The van der Waals surface area contributed by atoms with E-state index in [2.05, 4.69) is 12.2 Å². The third kappa shape index (κ3) is 9.94. The van der Waals surface area contributed by atoms with Gasteiger partial charge in [-0.1, -0.05) is 39.0 Å². The maximum absolute atomic E-state index is 11.8. The molecule has 0 radical (unpaired) electrons. The Morgan fingerprint density at radius 2 is 1.20 bits per heavy atom. The Balaban J connectivity index is 1.70. The van der Waals surface area contributed by atoms with Crippen molar-refractivity contribution in [2.45, 2.75) is 144 Å². The van der Waals surface area contributed by atoms with Crippen LogP contribution in [0.4, 0.5) is 0 Å². The van der Waals surface area contributed by atoms with Crippen molar-refractivity contribution in [2.75, 3.05) is 26.4 Å². The molecular weight excluding hydrogens is 606 g/mol. The summed E-state index contributed by atoms with van der Waals surface area (Å²) < 4.78 is 34.1. The normalized spacial score (nSPS) is 42.4. The second-order valence-corrected chi connectivity index (χ2v) is 11.7. The minimum absolute atomic E-state index is 0.236. The zero-order chi connectivity index (χ0) is 33.3. The van der Waals surface area contributed by atoms with Gasteiger partial charge in [-0.3, -0.25) is 4.79 Å². The van der Waals surface area contributed by atoms with Crippen LogP contribution in [0.15, 0.2) is 0 Å². The SMILES string of the molecule is CCCCCCCCO[C@@H]1O[C@H](CO[C@H]2O[C@H](CO)[C@@H](O)[C@H](O)[C@@H]2O[C@@H]2O[C@H](CO)[C@H](O)[C@H](O)[C@H]2NC(C)=O)[C@@H](O)[C@H](O)[C@H]1O. The molecule has 3 saturated heterocycles. The van der Waals surface area contributed by atoms with Crippen LogP contribution in [0, 0.1) is 0 Å². The van der Waals surface area contributed by atoms with Crippen LogP contribution < -0.4 is 5.32 Å². The van der Waals surface area contributed by atoms with E-state index in [-0.39, 0.29) is 6.61 Å². The van der Waals surface area contributed by atoms with Crippen molar-refractivity contribution in [3.8, 4) is 0 Å². The minimum Gasteiger partial charge on any atom is -0.394 e. The number of carbonyl (C=O) groups excluding carboxylic acids is 1. The molecule has 17 heteroatoms. The second-order valence-electron chi connectivity index (χ2n) is 11.7. The first kappa shape index (κ1) is 38.3. The molecule has 3 rings (SSSR count). The van der Waals surface area contributed by atoms with Crippen LogP contribution in [0.25, 0.3) is 0 Å². The summed E-state index contributed by atoms with van der Waals surface area (Å²) in [6.07, 6.45) is -15.7. The van der Waals surface area contributed by atoms with Gasteiger partial charge >= 0.3 is 0 Å². The van der Waals surface area contributed by atoms with Gasteiger partial charge in [0.2, 0.25) is 5.91 Å². The van der Waals surface area contributed by atoms with Crippen LogP contribution in [-0.2, 0) is 33.2 Å². The van der Waals surface area contributed by atoms with E-state index >= 15 is 0 Å². The van der Waals surface area contributed by atoms with Gasteiger partial charge in [0.25, 0.3) is 0 Å². The van der Waals surface area contributed by atoms with Crippen molar-refractivity contribution in [3.05, 3.63) is 0 Å². The van der Waals surface area contributed by atoms with Crippen molar-refractivity contribution in [1.29, 1.82) is 0 Å². The fourth-order valence-corrected chi connectivity index (χ4v) is 5.54. The van der Waals surface area contributed by atoms with Crippen LogP contribution in [0.1, 0.15) is 52.4 Å². The highest BCUT2D eigenvalue weighted by atomic mass is 16.8. The number of rotatable bonds is 16. The van der Waals surface area contributed by atoms with Gasteiger partial charge in [-0.25, -0.2) is 0 Å².